The SMILES string of the molecule is CCOC(=O)c1[nH]nc2c1C(=O)N(c1ccc(OC)cc1)C2=O. The van der Waals surface area contributed by atoms with Crippen LogP contribution in [0.5, 0.6) is 5.75 Å². The van der Waals surface area contributed by atoms with Crippen LogP contribution in [0.3, 0.4) is 0 Å². The topological polar surface area (TPSA) is 102 Å². The first-order valence-corrected chi connectivity index (χ1v) is 6.86. The molecule has 1 aliphatic rings. The van der Waals surface area contributed by atoms with E-state index in [4.69, 9.17) is 9.47 Å². The minimum absolute atomic E-state index is 0.0655. The summed E-state index contributed by atoms with van der Waals surface area (Å²) in [6.45, 7) is 1.79. The monoisotopic (exact) mass is 315 g/mol. The van der Waals surface area contributed by atoms with Crippen LogP contribution in [0.2, 0.25) is 0 Å². The molecule has 0 bridgehead atoms. The third-order valence-corrected chi connectivity index (χ3v) is 3.40. The van der Waals surface area contributed by atoms with E-state index in [0.717, 1.165) is 4.90 Å². The number of imide groups is 1. The molecule has 1 aromatic carbocycles. The molecule has 23 heavy (non-hydrogen) atoms. The van der Waals surface area contributed by atoms with Gasteiger partial charge in [0.2, 0.25) is 0 Å². The third kappa shape index (κ3) is 2.24. The van der Waals surface area contributed by atoms with E-state index < -0.39 is 17.8 Å². The maximum absolute atomic E-state index is 12.6. The summed E-state index contributed by atoms with van der Waals surface area (Å²) in [4.78, 5) is 37.8. The van der Waals surface area contributed by atoms with Crippen LogP contribution in [0.15, 0.2) is 24.3 Å². The summed E-state index contributed by atoms with van der Waals surface area (Å²) in [5, 5.41) is 6.18. The van der Waals surface area contributed by atoms with Gasteiger partial charge in [0.25, 0.3) is 11.8 Å². The van der Waals surface area contributed by atoms with Gasteiger partial charge in [0.1, 0.15) is 11.3 Å². The summed E-state index contributed by atoms with van der Waals surface area (Å²) in [7, 11) is 1.52. The van der Waals surface area contributed by atoms with Crippen molar-refractivity contribution in [2.45, 2.75) is 6.92 Å². The molecule has 0 saturated heterocycles. The molecule has 0 atom stereocenters. The van der Waals surface area contributed by atoms with Crippen molar-refractivity contribution in [1.29, 1.82) is 0 Å². The Morgan fingerprint density at radius 3 is 2.52 bits per heavy atom. The zero-order chi connectivity index (χ0) is 16.6. The molecular formula is C15H13N3O5. The number of methoxy groups -OCH3 is 1. The van der Waals surface area contributed by atoms with Crippen molar-refractivity contribution in [2.24, 2.45) is 0 Å². The molecule has 0 radical (unpaired) electrons. The van der Waals surface area contributed by atoms with Crippen LogP contribution >= 0.6 is 0 Å². The average Bonchev–Trinajstić information content (AvgIpc) is 3.09. The lowest BCUT2D eigenvalue weighted by atomic mass is 10.2. The van der Waals surface area contributed by atoms with Crippen LogP contribution in [0.4, 0.5) is 5.69 Å². The van der Waals surface area contributed by atoms with Crippen LogP contribution in [-0.2, 0) is 4.74 Å². The first-order valence-electron chi connectivity index (χ1n) is 6.86. The highest BCUT2D eigenvalue weighted by Gasteiger charge is 2.43. The van der Waals surface area contributed by atoms with E-state index in [1.807, 2.05) is 0 Å². The van der Waals surface area contributed by atoms with Gasteiger partial charge in [0.15, 0.2) is 11.4 Å². The second-order valence-corrected chi connectivity index (χ2v) is 4.69. The first-order chi connectivity index (χ1) is 11.1. The quantitative estimate of drug-likeness (QED) is 0.676. The van der Waals surface area contributed by atoms with Crippen molar-refractivity contribution in [3.05, 3.63) is 41.2 Å². The lowest BCUT2D eigenvalue weighted by Crippen LogP contribution is -2.30. The lowest BCUT2D eigenvalue weighted by molar-refractivity contribution is 0.0516. The number of esters is 1. The van der Waals surface area contributed by atoms with Crippen molar-refractivity contribution in [1.82, 2.24) is 10.2 Å². The second kappa shape index (κ2) is 5.56. The van der Waals surface area contributed by atoms with Crippen LogP contribution in [0, 0.1) is 0 Å². The van der Waals surface area contributed by atoms with Gasteiger partial charge in [0, 0.05) is 0 Å². The number of ether oxygens (including phenoxy) is 2. The Kier molecular flexibility index (Phi) is 3.57. The Morgan fingerprint density at radius 1 is 1.22 bits per heavy atom. The number of amides is 2. The number of aromatic nitrogens is 2. The number of hydrogen-bond acceptors (Lipinski definition) is 6. The predicted molar refractivity (Wildman–Crippen MR) is 78.7 cm³/mol. The van der Waals surface area contributed by atoms with Gasteiger partial charge in [0.05, 0.1) is 19.4 Å². The fraction of sp³-hybridized carbons (Fsp3) is 0.200. The molecule has 3 rings (SSSR count). The number of carbonyl (C=O) groups is 3. The fourth-order valence-corrected chi connectivity index (χ4v) is 2.33. The molecule has 118 valence electrons. The predicted octanol–water partition coefficient (Wildman–Crippen LogP) is 1.40. The highest BCUT2D eigenvalue weighted by Crippen LogP contribution is 2.30. The van der Waals surface area contributed by atoms with Gasteiger partial charge in [-0.1, -0.05) is 0 Å². The van der Waals surface area contributed by atoms with Crippen molar-refractivity contribution in [3.8, 4) is 5.75 Å². The van der Waals surface area contributed by atoms with Crippen LogP contribution in [0.1, 0.15) is 38.3 Å². The Morgan fingerprint density at radius 2 is 1.91 bits per heavy atom. The van der Waals surface area contributed by atoms with E-state index in [9.17, 15) is 14.4 Å². The molecule has 0 unspecified atom stereocenters. The lowest BCUT2D eigenvalue weighted by Gasteiger charge is -2.14. The molecule has 2 aromatic rings. The first kappa shape index (κ1) is 14.8. The molecule has 8 heteroatoms. The number of hydrogen-bond donors (Lipinski definition) is 1. The smallest absolute Gasteiger partial charge is 0.357 e. The van der Waals surface area contributed by atoms with Gasteiger partial charge in [-0.2, -0.15) is 5.10 Å². The van der Waals surface area contributed by atoms with Gasteiger partial charge in [-0.3, -0.25) is 14.7 Å². The molecule has 1 N–H and O–H groups in total. The number of carbonyl (C=O) groups excluding carboxylic acids is 3. The number of nitrogens with one attached hydrogen (secondary N) is 1. The van der Waals surface area contributed by atoms with E-state index in [1.54, 1.807) is 31.2 Å². The van der Waals surface area contributed by atoms with Crippen molar-refractivity contribution in [2.75, 3.05) is 18.6 Å². The standard InChI is InChI=1S/C15H13N3O5/c1-3-23-15(21)12-10-11(16-17-12)14(20)18(13(10)19)8-4-6-9(22-2)7-5-8/h4-7H,3H2,1-2H3,(H,16,17). The van der Waals surface area contributed by atoms with Crippen molar-refractivity contribution >= 4 is 23.5 Å². The summed E-state index contributed by atoms with van der Waals surface area (Å²) in [6, 6.07) is 6.41. The second-order valence-electron chi connectivity index (χ2n) is 4.69. The van der Waals surface area contributed by atoms with Gasteiger partial charge in [-0.15, -0.1) is 0 Å². The van der Waals surface area contributed by atoms with Crippen molar-refractivity contribution < 1.29 is 23.9 Å². The summed E-state index contributed by atoms with van der Waals surface area (Å²) in [5.74, 6) is -1.34. The Bertz CT molecular complexity index is 794. The largest absolute Gasteiger partial charge is 0.497 e. The number of anilines is 1. The number of H-pyrrole nitrogens is 1. The Hall–Kier alpha value is -3.16. The Balaban J connectivity index is 1.99. The molecule has 2 amide bonds. The third-order valence-electron chi connectivity index (χ3n) is 3.40. The van der Waals surface area contributed by atoms with Crippen LogP contribution in [0.25, 0.3) is 0 Å². The fourth-order valence-electron chi connectivity index (χ4n) is 2.33. The van der Waals surface area contributed by atoms with E-state index in [2.05, 4.69) is 10.2 Å². The Labute approximate surface area is 131 Å². The number of rotatable bonds is 4. The molecule has 0 spiro atoms. The molecule has 1 aromatic heterocycles. The number of aromatic amines is 1. The maximum atomic E-state index is 12.6. The van der Waals surface area contributed by atoms with Gasteiger partial charge in [-0.25, -0.2) is 9.69 Å². The molecule has 0 saturated carbocycles. The van der Waals surface area contributed by atoms with E-state index in [0.29, 0.717) is 11.4 Å². The molecule has 2 heterocycles. The summed E-state index contributed by atoms with van der Waals surface area (Å²) in [6.07, 6.45) is 0. The van der Waals surface area contributed by atoms with Gasteiger partial charge < -0.3 is 9.47 Å². The van der Waals surface area contributed by atoms with E-state index >= 15 is 0 Å². The van der Waals surface area contributed by atoms with Crippen molar-refractivity contribution in [3.63, 3.8) is 0 Å². The van der Waals surface area contributed by atoms with E-state index in [1.165, 1.54) is 7.11 Å². The molecule has 1 aliphatic heterocycles. The average molecular weight is 315 g/mol. The van der Waals surface area contributed by atoms with Crippen LogP contribution < -0.4 is 9.64 Å². The molecular weight excluding hydrogens is 302 g/mol. The normalized spacial score (nSPS) is 13.2. The van der Waals surface area contributed by atoms with Gasteiger partial charge >= 0.3 is 5.97 Å². The number of nitrogens with zero attached hydrogens (tertiary/aromatic N) is 2. The summed E-state index contributed by atoms with van der Waals surface area (Å²) >= 11 is 0. The summed E-state index contributed by atoms with van der Waals surface area (Å²) in [5.41, 5.74) is 0.1000. The zero-order valence-corrected chi connectivity index (χ0v) is 12.5. The van der Waals surface area contributed by atoms with E-state index in [-0.39, 0.29) is 23.6 Å². The molecule has 0 fully saturated rings. The van der Waals surface area contributed by atoms with Gasteiger partial charge in [-0.05, 0) is 31.2 Å². The van der Waals surface area contributed by atoms with Crippen LogP contribution in [-0.4, -0.2) is 41.7 Å². The molecule has 0 aliphatic carbocycles. The highest BCUT2D eigenvalue weighted by atomic mass is 16.5. The minimum atomic E-state index is -0.723. The maximum Gasteiger partial charge on any atom is 0.357 e. The highest BCUT2D eigenvalue weighted by molar-refractivity contribution is 6.35. The molecule has 8 nitrogen and oxygen atoms in total. The number of fused-ring (bicyclic) bond motifs is 1. The summed E-state index contributed by atoms with van der Waals surface area (Å²) < 4.78 is 9.90. The minimum Gasteiger partial charge on any atom is -0.497 e. The zero-order valence-electron chi connectivity index (χ0n) is 12.5. The number of benzene rings is 1.